The molecule has 0 aliphatic rings. The van der Waals surface area contributed by atoms with Crippen LogP contribution in [0.15, 0.2) is 0 Å². The molecule has 1 atom stereocenters. The average Bonchev–Trinajstić information content (AvgIpc) is 1.61. The Morgan fingerprint density at radius 2 is 2.57 bits per heavy atom. The fourth-order valence-corrected chi connectivity index (χ4v) is 0.337. The van der Waals surface area contributed by atoms with Gasteiger partial charge in [-0.1, -0.05) is 0 Å². The number of nitrogens with zero attached hydrogens (tertiary/aromatic N) is 1. The van der Waals surface area contributed by atoms with Crippen molar-refractivity contribution in [2.24, 2.45) is 0 Å². The van der Waals surface area contributed by atoms with E-state index in [0.29, 0.717) is 0 Å². The van der Waals surface area contributed by atoms with E-state index >= 15 is 0 Å². The van der Waals surface area contributed by atoms with Gasteiger partial charge in [-0.25, -0.2) is 0 Å². The Labute approximate surface area is 47.5 Å². The van der Waals surface area contributed by atoms with Crippen molar-refractivity contribution in [2.75, 3.05) is 0 Å². The van der Waals surface area contributed by atoms with Crippen LogP contribution in [0, 0.1) is 6.07 Å². The standard InChI is InChI=1S/C2H3NO2PS/c1-2-3-5-6(4)7/h1H3/q+1/p+1. The van der Waals surface area contributed by atoms with E-state index in [1.807, 2.05) is 0 Å². The molecular weight excluding hydrogens is 133 g/mol. The van der Waals surface area contributed by atoms with Gasteiger partial charge < -0.3 is 0 Å². The second-order valence-electron chi connectivity index (χ2n) is 0.634. The summed E-state index contributed by atoms with van der Waals surface area (Å²) in [6, 6.07) is 2.27. The summed E-state index contributed by atoms with van der Waals surface area (Å²) in [5.74, 6) is 0. The van der Waals surface area contributed by atoms with E-state index in [4.69, 9.17) is 0 Å². The molecule has 0 aromatic rings. The minimum absolute atomic E-state index is 1.53. The molecule has 0 heterocycles. The zero-order valence-electron chi connectivity index (χ0n) is 3.66. The van der Waals surface area contributed by atoms with Crippen LogP contribution in [0.1, 0.15) is 6.92 Å². The van der Waals surface area contributed by atoms with Crippen molar-refractivity contribution in [3.05, 3.63) is 5.01 Å². The van der Waals surface area contributed by atoms with E-state index in [2.05, 4.69) is 28.0 Å². The molecule has 0 N–H and O–H groups in total. The summed E-state index contributed by atoms with van der Waals surface area (Å²) < 4.78 is 13.9. The molecule has 0 bridgehead atoms. The molecule has 0 rings (SSSR count). The summed E-state index contributed by atoms with van der Waals surface area (Å²) in [4.78, 5) is 0. The van der Waals surface area contributed by atoms with Crippen LogP contribution in [-0.2, 0) is 9.19 Å². The fraction of sp³-hybridized carbons (Fsp3) is 0.500. The van der Waals surface area contributed by atoms with Gasteiger partial charge in [0, 0.05) is 4.57 Å². The normalized spacial score (nSPS) is 8.57. The summed E-state index contributed by atoms with van der Waals surface area (Å²) in [6.07, 6.45) is 0. The Bertz CT molecular complexity index is 125. The van der Waals surface area contributed by atoms with Gasteiger partial charge in [0.25, 0.3) is 5.01 Å². The summed E-state index contributed by atoms with van der Waals surface area (Å²) in [7, 11) is -1.89. The molecule has 0 aromatic heterocycles. The monoisotopic (exact) mass is 137 g/mol. The lowest BCUT2D eigenvalue weighted by atomic mass is 11.0. The quantitative estimate of drug-likeness (QED) is 0.339. The molecule has 0 aliphatic heterocycles. The summed E-state index contributed by atoms with van der Waals surface area (Å²) in [5, 5.41) is 3.06. The van der Waals surface area contributed by atoms with Crippen molar-refractivity contribution in [1.82, 2.24) is 0 Å². The summed E-state index contributed by atoms with van der Waals surface area (Å²) >= 11 is 3.39. The van der Waals surface area contributed by atoms with Gasteiger partial charge >= 0.3 is 13.3 Å². The predicted octanol–water partition coefficient (Wildman–Crippen LogP) is 1.86. The minimum atomic E-state index is -1.89. The molecule has 5 heteroatoms. The molecule has 0 aromatic carbocycles. The summed E-state index contributed by atoms with van der Waals surface area (Å²) in [5.41, 5.74) is 0. The van der Waals surface area contributed by atoms with Crippen molar-refractivity contribution in [3.63, 3.8) is 0 Å². The summed E-state index contributed by atoms with van der Waals surface area (Å²) in [6.45, 7) is 1.53. The van der Waals surface area contributed by atoms with Crippen molar-refractivity contribution < 1.29 is 9.19 Å². The molecule has 0 fully saturated rings. The Balaban J connectivity index is 3.26. The van der Waals surface area contributed by atoms with Crippen LogP contribution in [0.25, 0.3) is 5.01 Å². The largest absolute Gasteiger partial charge is 0.723 e. The lowest BCUT2D eigenvalue weighted by Crippen LogP contribution is -1.47. The predicted molar refractivity (Wildman–Crippen MR) is 30.6 cm³/mol. The molecule has 3 nitrogen and oxygen atoms in total. The highest BCUT2D eigenvalue weighted by Gasteiger charge is 2.16. The van der Waals surface area contributed by atoms with Gasteiger partial charge in [-0.05, 0) is 0 Å². The molecule has 0 saturated heterocycles. The molecular formula is C2H4NO2PS+2. The highest BCUT2D eigenvalue weighted by Crippen LogP contribution is 2.26. The lowest BCUT2D eigenvalue weighted by molar-refractivity contribution is 0.473. The maximum atomic E-state index is 9.86. The number of thiol groups is 1. The molecule has 0 saturated carbocycles. The maximum Gasteiger partial charge on any atom is 0.723 e. The molecule has 0 radical (unpaired) electrons. The molecule has 38 valence electrons. The van der Waals surface area contributed by atoms with Crippen LogP contribution < -0.4 is 0 Å². The number of hydrogen-bond acceptors (Lipinski definition) is 2. The van der Waals surface area contributed by atoms with Crippen LogP contribution in [-0.4, -0.2) is 0 Å². The molecule has 0 amide bonds. The van der Waals surface area contributed by atoms with E-state index in [1.165, 1.54) is 6.92 Å². The Morgan fingerprint density at radius 1 is 2.00 bits per heavy atom. The zero-order chi connectivity index (χ0) is 5.70. The van der Waals surface area contributed by atoms with Crippen molar-refractivity contribution >= 4 is 19.5 Å². The number of hydrogen-bond donors (Lipinski definition) is 1. The Morgan fingerprint density at radius 3 is 2.71 bits per heavy atom. The first-order valence-corrected chi connectivity index (χ1v) is 3.80. The first-order valence-electron chi connectivity index (χ1n) is 1.47. The van der Waals surface area contributed by atoms with Gasteiger partial charge in [0.1, 0.15) is 4.62 Å². The van der Waals surface area contributed by atoms with Crippen LogP contribution in [0.3, 0.4) is 0 Å². The van der Waals surface area contributed by atoms with E-state index in [-0.39, 0.29) is 0 Å². The fourth-order valence-electron chi connectivity index (χ4n) is 0.0757. The third kappa shape index (κ3) is 5.74. The van der Waals surface area contributed by atoms with Gasteiger partial charge in [0.2, 0.25) is 0 Å². The van der Waals surface area contributed by atoms with Gasteiger partial charge in [0.05, 0.1) is 6.92 Å². The van der Waals surface area contributed by atoms with E-state index < -0.39 is 7.23 Å². The first kappa shape index (κ1) is 6.74. The van der Waals surface area contributed by atoms with Gasteiger partial charge in [0.15, 0.2) is 12.2 Å². The third-order valence-electron chi connectivity index (χ3n) is 0.202. The van der Waals surface area contributed by atoms with Crippen LogP contribution in [0.2, 0.25) is 0 Å². The lowest BCUT2D eigenvalue weighted by Gasteiger charge is -1.43. The Kier molecular flexibility index (Phi) is 3.77. The highest BCUT2D eigenvalue weighted by atomic mass is 32.7. The molecule has 7 heavy (non-hydrogen) atoms. The van der Waals surface area contributed by atoms with E-state index in [1.54, 1.807) is 0 Å². The average molecular weight is 137 g/mol. The van der Waals surface area contributed by atoms with Crippen molar-refractivity contribution in [2.45, 2.75) is 6.92 Å². The SMILES string of the molecule is CC#[N+]O[P+](=O)S. The zero-order valence-corrected chi connectivity index (χ0v) is 5.45. The van der Waals surface area contributed by atoms with Crippen molar-refractivity contribution in [1.29, 1.82) is 0 Å². The van der Waals surface area contributed by atoms with E-state index in [9.17, 15) is 4.57 Å². The maximum absolute atomic E-state index is 9.86. The van der Waals surface area contributed by atoms with Crippen LogP contribution in [0.4, 0.5) is 0 Å². The van der Waals surface area contributed by atoms with Gasteiger partial charge in [-0.2, -0.15) is 0 Å². The minimum Gasteiger partial charge on any atom is 0.00132 e. The topological polar surface area (TPSA) is 30.7 Å². The van der Waals surface area contributed by atoms with Gasteiger partial charge in [-0.15, -0.1) is 0 Å². The second kappa shape index (κ2) is 3.91. The molecule has 1 unspecified atom stereocenters. The molecule has 0 spiro atoms. The first-order chi connectivity index (χ1) is 3.27. The smallest absolute Gasteiger partial charge is 0.00132 e. The number of rotatable bonds is 1. The highest BCUT2D eigenvalue weighted by molar-refractivity contribution is 8.39. The van der Waals surface area contributed by atoms with Crippen LogP contribution in [0.5, 0.6) is 0 Å². The second-order valence-corrected chi connectivity index (χ2v) is 2.25. The van der Waals surface area contributed by atoms with Crippen molar-refractivity contribution in [3.8, 4) is 6.07 Å². The van der Waals surface area contributed by atoms with Gasteiger partial charge in [-0.3, -0.25) is 0 Å². The van der Waals surface area contributed by atoms with E-state index in [0.717, 1.165) is 0 Å². The Hall–Kier alpha value is -0.260. The molecule has 0 aliphatic carbocycles. The third-order valence-corrected chi connectivity index (χ3v) is 0.642. The van der Waals surface area contributed by atoms with Crippen LogP contribution >= 0.6 is 19.5 Å².